The molecule has 1 amide bonds. The quantitative estimate of drug-likeness (QED) is 0.845. The summed E-state index contributed by atoms with van der Waals surface area (Å²) in [5.41, 5.74) is 2.95. The molecule has 2 heterocycles. The number of aromatic nitrogens is 2. The summed E-state index contributed by atoms with van der Waals surface area (Å²) in [5.74, 6) is 0.991. The minimum Gasteiger partial charge on any atom is -0.352 e. The second-order valence-electron chi connectivity index (χ2n) is 6.83. The zero-order valence-electron chi connectivity index (χ0n) is 15.7. The lowest BCUT2D eigenvalue weighted by molar-refractivity contribution is -0.131. The van der Waals surface area contributed by atoms with Crippen molar-refractivity contribution in [3.63, 3.8) is 0 Å². The van der Waals surface area contributed by atoms with Crippen LogP contribution in [0.3, 0.4) is 0 Å². The summed E-state index contributed by atoms with van der Waals surface area (Å²) >= 11 is 0. The zero-order chi connectivity index (χ0) is 18.7. The minimum absolute atomic E-state index is 0.145. The number of anilines is 1. The minimum atomic E-state index is -0.145. The van der Waals surface area contributed by atoms with Crippen LogP contribution in [0.1, 0.15) is 30.9 Å². The van der Waals surface area contributed by atoms with Crippen molar-refractivity contribution < 1.29 is 4.79 Å². The van der Waals surface area contributed by atoms with Gasteiger partial charge in [-0.2, -0.15) is 4.68 Å². The Bertz CT molecular complexity index is 851. The van der Waals surface area contributed by atoms with Crippen LogP contribution in [0.25, 0.3) is 5.69 Å². The van der Waals surface area contributed by atoms with Gasteiger partial charge in [0.05, 0.1) is 5.69 Å². The van der Waals surface area contributed by atoms with E-state index in [9.17, 15) is 9.59 Å². The van der Waals surface area contributed by atoms with Gasteiger partial charge in [-0.1, -0.05) is 13.0 Å². The number of amides is 1. The van der Waals surface area contributed by atoms with Gasteiger partial charge >= 0.3 is 0 Å². The number of carbonyl (C=O) groups excluding carboxylic acids is 1. The second-order valence-corrected chi connectivity index (χ2v) is 6.83. The lowest BCUT2D eigenvalue weighted by Gasteiger charge is -2.35. The highest BCUT2D eigenvalue weighted by molar-refractivity contribution is 5.76. The summed E-state index contributed by atoms with van der Waals surface area (Å²) < 4.78 is 1.45. The maximum atomic E-state index is 12.3. The Morgan fingerprint density at radius 2 is 1.77 bits per heavy atom. The molecule has 2 aromatic rings. The molecule has 0 atom stereocenters. The van der Waals surface area contributed by atoms with E-state index in [2.05, 4.69) is 10.00 Å². The molecule has 1 fully saturated rings. The molecule has 3 rings (SSSR count). The van der Waals surface area contributed by atoms with Crippen LogP contribution in [-0.4, -0.2) is 46.8 Å². The van der Waals surface area contributed by atoms with Gasteiger partial charge in [-0.15, -0.1) is 5.10 Å². The molecule has 0 bridgehead atoms. The molecule has 1 saturated heterocycles. The Morgan fingerprint density at radius 1 is 1.04 bits per heavy atom. The van der Waals surface area contributed by atoms with Crippen LogP contribution in [0.5, 0.6) is 0 Å². The summed E-state index contributed by atoms with van der Waals surface area (Å²) in [6.07, 6.45) is 1.48. The number of rotatable bonds is 4. The number of benzene rings is 1. The van der Waals surface area contributed by atoms with Crippen LogP contribution >= 0.6 is 0 Å². The first-order valence-electron chi connectivity index (χ1n) is 9.20. The Morgan fingerprint density at radius 3 is 2.42 bits per heavy atom. The summed E-state index contributed by atoms with van der Waals surface area (Å²) in [6.45, 7) is 8.95. The predicted octanol–water partition coefficient (Wildman–Crippen LogP) is 2.30. The summed E-state index contributed by atoms with van der Waals surface area (Å²) in [6, 6.07) is 9.23. The lowest BCUT2D eigenvalue weighted by atomic mass is 10.1. The fourth-order valence-electron chi connectivity index (χ4n) is 3.17. The molecule has 0 spiro atoms. The van der Waals surface area contributed by atoms with Gasteiger partial charge in [0.15, 0.2) is 0 Å². The first-order chi connectivity index (χ1) is 12.5. The maximum absolute atomic E-state index is 12.3. The van der Waals surface area contributed by atoms with Gasteiger partial charge in [0.2, 0.25) is 5.91 Å². The smallest absolute Gasteiger partial charge is 0.271 e. The van der Waals surface area contributed by atoms with Crippen LogP contribution in [0, 0.1) is 13.8 Å². The van der Waals surface area contributed by atoms with Gasteiger partial charge in [0, 0.05) is 38.7 Å². The van der Waals surface area contributed by atoms with E-state index in [0.717, 1.165) is 36.6 Å². The Labute approximate surface area is 154 Å². The number of carbonyl (C=O) groups is 1. The maximum Gasteiger partial charge on any atom is 0.271 e. The highest BCUT2D eigenvalue weighted by Gasteiger charge is 2.21. The topological polar surface area (TPSA) is 58.4 Å². The van der Waals surface area contributed by atoms with Crippen molar-refractivity contribution in [1.29, 1.82) is 0 Å². The van der Waals surface area contributed by atoms with Gasteiger partial charge in [-0.3, -0.25) is 9.59 Å². The van der Waals surface area contributed by atoms with Gasteiger partial charge in [0.1, 0.15) is 5.82 Å². The van der Waals surface area contributed by atoms with E-state index in [1.807, 2.05) is 43.9 Å². The van der Waals surface area contributed by atoms with Crippen LogP contribution < -0.4 is 10.5 Å². The van der Waals surface area contributed by atoms with Crippen LogP contribution in [0.15, 0.2) is 35.1 Å². The molecule has 1 aliphatic heterocycles. The fourth-order valence-corrected chi connectivity index (χ4v) is 3.17. The van der Waals surface area contributed by atoms with E-state index in [-0.39, 0.29) is 11.5 Å². The van der Waals surface area contributed by atoms with Gasteiger partial charge in [0.25, 0.3) is 5.56 Å². The zero-order valence-corrected chi connectivity index (χ0v) is 15.7. The molecule has 6 nitrogen and oxygen atoms in total. The molecule has 0 unspecified atom stereocenters. The number of nitrogens with zero attached hydrogens (tertiary/aromatic N) is 4. The van der Waals surface area contributed by atoms with Crippen molar-refractivity contribution in [2.75, 3.05) is 31.1 Å². The first-order valence-corrected chi connectivity index (χ1v) is 9.20. The van der Waals surface area contributed by atoms with E-state index in [1.54, 1.807) is 12.1 Å². The first kappa shape index (κ1) is 18.2. The molecule has 0 radical (unpaired) electrons. The predicted molar refractivity (Wildman–Crippen MR) is 103 cm³/mol. The largest absolute Gasteiger partial charge is 0.352 e. The third-order valence-electron chi connectivity index (χ3n) is 4.94. The molecular formula is C20H26N4O2. The third kappa shape index (κ3) is 3.79. The van der Waals surface area contributed by atoms with E-state index in [4.69, 9.17) is 0 Å². The number of aryl methyl sites for hydroxylation is 2. The summed E-state index contributed by atoms with van der Waals surface area (Å²) in [7, 11) is 0. The molecule has 0 aliphatic carbocycles. The van der Waals surface area contributed by atoms with E-state index >= 15 is 0 Å². The normalized spacial score (nSPS) is 14.6. The number of piperazine rings is 1. The lowest BCUT2D eigenvalue weighted by Crippen LogP contribution is -2.49. The van der Waals surface area contributed by atoms with Gasteiger partial charge < -0.3 is 9.80 Å². The van der Waals surface area contributed by atoms with Crippen LogP contribution in [0.2, 0.25) is 0 Å². The fraction of sp³-hybridized carbons (Fsp3) is 0.450. The number of hydrogen-bond acceptors (Lipinski definition) is 4. The average Bonchev–Trinajstić information content (AvgIpc) is 2.65. The van der Waals surface area contributed by atoms with Crippen LogP contribution in [0.4, 0.5) is 5.82 Å². The van der Waals surface area contributed by atoms with Gasteiger partial charge in [-0.05, 0) is 49.6 Å². The Kier molecular flexibility index (Phi) is 5.40. The van der Waals surface area contributed by atoms with E-state index < -0.39 is 0 Å². The standard InChI is InChI=1S/C20H26N4O2/c1-4-5-19(25)23-12-10-22(11-13-23)18-8-9-20(26)24(21-18)17-7-6-15(2)16(3)14-17/h6-9,14H,4-5,10-13H2,1-3H3. The summed E-state index contributed by atoms with van der Waals surface area (Å²) in [5, 5.41) is 4.57. The Balaban J connectivity index is 1.79. The van der Waals surface area contributed by atoms with E-state index in [0.29, 0.717) is 19.5 Å². The monoisotopic (exact) mass is 354 g/mol. The highest BCUT2D eigenvalue weighted by atomic mass is 16.2. The van der Waals surface area contributed by atoms with Crippen molar-refractivity contribution >= 4 is 11.7 Å². The second kappa shape index (κ2) is 7.72. The van der Waals surface area contributed by atoms with Crippen molar-refractivity contribution in [3.05, 3.63) is 51.8 Å². The number of hydrogen-bond donors (Lipinski definition) is 0. The van der Waals surface area contributed by atoms with Crippen molar-refractivity contribution in [2.24, 2.45) is 0 Å². The molecule has 1 aliphatic rings. The van der Waals surface area contributed by atoms with Crippen molar-refractivity contribution in [1.82, 2.24) is 14.7 Å². The molecule has 0 saturated carbocycles. The van der Waals surface area contributed by atoms with Gasteiger partial charge in [-0.25, -0.2) is 0 Å². The third-order valence-corrected chi connectivity index (χ3v) is 4.94. The molecule has 6 heteroatoms. The van der Waals surface area contributed by atoms with Crippen LogP contribution in [-0.2, 0) is 4.79 Å². The highest BCUT2D eigenvalue weighted by Crippen LogP contribution is 2.16. The molecular weight excluding hydrogens is 328 g/mol. The molecule has 138 valence electrons. The average molecular weight is 354 g/mol. The van der Waals surface area contributed by atoms with Crippen molar-refractivity contribution in [3.8, 4) is 5.69 Å². The van der Waals surface area contributed by atoms with E-state index in [1.165, 1.54) is 10.2 Å². The molecule has 1 aromatic carbocycles. The molecule has 1 aromatic heterocycles. The SMILES string of the molecule is CCCC(=O)N1CCN(c2ccc(=O)n(-c3ccc(C)c(C)c3)n2)CC1. The summed E-state index contributed by atoms with van der Waals surface area (Å²) in [4.78, 5) is 28.4. The Hall–Kier alpha value is -2.63. The molecule has 26 heavy (non-hydrogen) atoms. The molecule has 0 N–H and O–H groups in total. The van der Waals surface area contributed by atoms with Crippen molar-refractivity contribution in [2.45, 2.75) is 33.6 Å².